The van der Waals surface area contributed by atoms with Crippen LogP contribution in [0, 0.1) is 0 Å². The van der Waals surface area contributed by atoms with E-state index < -0.39 is 0 Å². The van der Waals surface area contributed by atoms with E-state index in [0.717, 1.165) is 0 Å². The first kappa shape index (κ1) is 8.94. The molecule has 0 aromatic heterocycles. The first-order chi connectivity index (χ1) is 1.91. The Labute approximate surface area is 49.9 Å². The fraction of sp³-hybridized carbons (Fsp3) is 0. The summed E-state index contributed by atoms with van der Waals surface area (Å²) in [7, 11) is 4.24. The quantitative estimate of drug-likeness (QED) is 0.173. The summed E-state index contributed by atoms with van der Waals surface area (Å²) in [4.78, 5) is 2.14. The van der Waals surface area contributed by atoms with Gasteiger partial charge in [-0.25, -0.2) is 0 Å². The van der Waals surface area contributed by atoms with Crippen LogP contribution >= 0.6 is 0 Å². The molecule has 0 aliphatic heterocycles. The van der Waals surface area contributed by atoms with Gasteiger partial charge in [0.1, 0.15) is 0 Å². The standard InChI is InChI=1S/BN3.Mg.2H/c1-3-4-2;;;/q;+2;2*-1. The third-order valence-corrected chi connectivity index (χ3v) is 0.0516. The van der Waals surface area contributed by atoms with Crippen LogP contribution in [0.1, 0.15) is 2.85 Å². The summed E-state index contributed by atoms with van der Waals surface area (Å²) in [6, 6.07) is 0. The average Bonchev–Trinajstić information content (AvgIpc) is 1.37. The van der Waals surface area contributed by atoms with Crippen LogP contribution < -0.4 is 0 Å². The van der Waals surface area contributed by atoms with Gasteiger partial charge < -0.3 is 2.85 Å². The second kappa shape index (κ2) is 8.91. The van der Waals surface area contributed by atoms with Crippen molar-refractivity contribution in [3.05, 3.63) is 10.4 Å². The molecule has 0 amide bonds. The fourth-order valence-corrected chi connectivity index (χ4v) is 0. The van der Waals surface area contributed by atoms with Gasteiger partial charge in [0.2, 0.25) is 0 Å². The monoisotopic (exact) mass is 79.0 g/mol. The van der Waals surface area contributed by atoms with Crippen LogP contribution in [0.4, 0.5) is 0 Å². The number of hydrogen-bond donors (Lipinski definition) is 0. The van der Waals surface area contributed by atoms with Crippen molar-refractivity contribution in [2.75, 3.05) is 0 Å². The van der Waals surface area contributed by atoms with Gasteiger partial charge in [0.05, 0.1) is 0 Å². The molecule has 0 aromatic carbocycles. The second-order valence-electron chi connectivity index (χ2n) is 0.205. The Morgan fingerprint density at radius 2 is 2.20 bits per heavy atom. The van der Waals surface area contributed by atoms with E-state index in [-0.39, 0.29) is 25.9 Å². The smallest absolute Gasteiger partial charge is 1.00 e. The maximum atomic E-state index is 7.21. The predicted octanol–water partition coefficient (Wildman–Crippen LogP) is 0.224. The van der Waals surface area contributed by atoms with Gasteiger partial charge >= 0.3 is 23.1 Å². The van der Waals surface area contributed by atoms with Crippen molar-refractivity contribution in [2.24, 2.45) is 5.03 Å². The molecule has 0 spiro atoms. The van der Waals surface area contributed by atoms with Crippen molar-refractivity contribution in [2.45, 2.75) is 0 Å². The summed E-state index contributed by atoms with van der Waals surface area (Å²) >= 11 is 0. The van der Waals surface area contributed by atoms with Crippen LogP contribution in [0.25, 0.3) is 10.4 Å². The minimum atomic E-state index is 0. The van der Waals surface area contributed by atoms with E-state index in [1.165, 1.54) is 0 Å². The van der Waals surface area contributed by atoms with E-state index in [4.69, 9.17) is 5.53 Å². The number of azide groups is 1. The summed E-state index contributed by atoms with van der Waals surface area (Å²) in [6.45, 7) is 0. The topological polar surface area (TPSA) is 48.8 Å². The number of hydrogen-bond acceptors (Lipinski definition) is 1. The molecule has 0 saturated heterocycles. The van der Waals surface area contributed by atoms with E-state index in [1.807, 2.05) is 0 Å². The molecule has 0 unspecified atom stereocenters. The van der Waals surface area contributed by atoms with Crippen LogP contribution in [0.3, 0.4) is 0 Å². The molecule has 0 rings (SSSR count). The van der Waals surface area contributed by atoms with Gasteiger partial charge in [0.15, 0.2) is 7.98 Å². The Bertz CT molecular complexity index is 50.9. The van der Waals surface area contributed by atoms with Crippen LogP contribution in [0.15, 0.2) is 5.03 Å². The van der Waals surface area contributed by atoms with Crippen molar-refractivity contribution in [3.63, 3.8) is 0 Å². The zero-order valence-electron chi connectivity index (χ0n) is 4.63. The Hall–Kier alpha value is 0.141. The van der Waals surface area contributed by atoms with Crippen molar-refractivity contribution in [3.8, 4) is 0 Å². The van der Waals surface area contributed by atoms with Gasteiger partial charge in [-0.2, -0.15) is 5.03 Å². The molecule has 0 aliphatic carbocycles. The number of rotatable bonds is 0. The van der Waals surface area contributed by atoms with Gasteiger partial charge in [0, 0.05) is 0 Å². The molecule has 22 valence electrons. The zero-order chi connectivity index (χ0) is 3.41. The SMILES string of the molecule is [B]N=[N+]=[N-].[H-].[H-].[Mg+2]. The molecular weight excluding hydrogens is 77.1 g/mol. The molecule has 2 radical (unpaired) electrons. The molecule has 5 heteroatoms. The summed E-state index contributed by atoms with van der Waals surface area (Å²) in [5, 5.41) is 2.42. The van der Waals surface area contributed by atoms with Crippen LogP contribution in [-0.2, 0) is 0 Å². The fourth-order valence-electron chi connectivity index (χ4n) is 0. The summed E-state index contributed by atoms with van der Waals surface area (Å²) in [5.41, 5.74) is 7.21. The summed E-state index contributed by atoms with van der Waals surface area (Å²) in [6.07, 6.45) is 0. The molecule has 0 aliphatic rings. The van der Waals surface area contributed by atoms with Crippen molar-refractivity contribution >= 4 is 31.0 Å². The first-order valence-corrected chi connectivity index (χ1v) is 0.658. The van der Waals surface area contributed by atoms with E-state index in [9.17, 15) is 0 Å². The summed E-state index contributed by atoms with van der Waals surface area (Å²) < 4.78 is 0. The largest absolute Gasteiger partial charge is 2.00 e. The van der Waals surface area contributed by atoms with Crippen LogP contribution in [0.5, 0.6) is 0 Å². The van der Waals surface area contributed by atoms with Gasteiger partial charge in [-0.1, -0.05) is 0 Å². The maximum Gasteiger partial charge on any atom is 2.00 e. The number of nitrogens with zero attached hydrogens (tertiary/aromatic N) is 3. The van der Waals surface area contributed by atoms with Gasteiger partial charge in [0.25, 0.3) is 0 Å². The van der Waals surface area contributed by atoms with Gasteiger partial charge in [-0.15, -0.1) is 0 Å². The van der Waals surface area contributed by atoms with Crippen molar-refractivity contribution < 1.29 is 2.85 Å². The molecule has 0 aromatic rings. The van der Waals surface area contributed by atoms with Gasteiger partial charge in [-0.05, 0) is 10.4 Å². The normalized spacial score (nSPS) is 3.20. The zero-order valence-corrected chi connectivity index (χ0v) is 4.04. The molecule has 3 nitrogen and oxygen atoms in total. The summed E-state index contributed by atoms with van der Waals surface area (Å²) in [5.74, 6) is 0. The Kier molecular flexibility index (Phi) is 15.9. The Morgan fingerprint density at radius 3 is 2.20 bits per heavy atom. The molecular formula is H2BMgN3. The van der Waals surface area contributed by atoms with Crippen LogP contribution in [-0.4, -0.2) is 31.0 Å². The second-order valence-corrected chi connectivity index (χ2v) is 0.205. The maximum absolute atomic E-state index is 7.21. The molecule has 0 N–H and O–H groups in total. The van der Waals surface area contributed by atoms with E-state index in [2.05, 4.69) is 17.9 Å². The minimum Gasteiger partial charge on any atom is -1.00 e. The molecule has 0 fully saturated rings. The molecule has 0 atom stereocenters. The minimum absolute atomic E-state index is 0. The van der Waals surface area contributed by atoms with E-state index in [0.29, 0.717) is 0 Å². The molecule has 5 heavy (non-hydrogen) atoms. The molecule has 0 saturated carbocycles. The molecule has 0 heterocycles. The molecule has 0 bridgehead atoms. The van der Waals surface area contributed by atoms with Crippen LogP contribution in [0.2, 0.25) is 0 Å². The third kappa shape index (κ3) is 14.6. The van der Waals surface area contributed by atoms with E-state index >= 15 is 0 Å². The van der Waals surface area contributed by atoms with Gasteiger partial charge in [-0.3, -0.25) is 0 Å². The Balaban J connectivity index is -0.0000000150. The third-order valence-electron chi connectivity index (χ3n) is 0.0516. The van der Waals surface area contributed by atoms with Crippen molar-refractivity contribution in [1.29, 1.82) is 0 Å². The predicted molar refractivity (Wildman–Crippen MR) is 22.9 cm³/mol. The first-order valence-electron chi connectivity index (χ1n) is 0.658. The Morgan fingerprint density at radius 1 is 2.00 bits per heavy atom. The average molecular weight is 79.2 g/mol. The van der Waals surface area contributed by atoms with Crippen molar-refractivity contribution in [1.82, 2.24) is 0 Å². The van der Waals surface area contributed by atoms with E-state index in [1.54, 1.807) is 0 Å².